The molecule has 0 aromatic carbocycles. The number of amides is 1. The molecule has 1 fully saturated rings. The first-order chi connectivity index (χ1) is 8.13. The number of carboxylic acid groups (broad SMARTS) is 1. The standard InChI is InChI=1S/C12H22N2O3/c1-2-9(12(16)17)7-14-11(15)8-13-10-5-3-4-6-10/h9-10,13H,2-8H2,1H3,(H,14,15)(H,16,17). The Hall–Kier alpha value is -1.10. The lowest BCUT2D eigenvalue weighted by molar-refractivity contribution is -0.141. The molecule has 1 atom stereocenters. The molecule has 3 N–H and O–H groups in total. The van der Waals surface area contributed by atoms with Gasteiger partial charge in [-0.1, -0.05) is 19.8 Å². The van der Waals surface area contributed by atoms with Crippen molar-refractivity contribution >= 4 is 11.9 Å². The van der Waals surface area contributed by atoms with Gasteiger partial charge in [0.15, 0.2) is 0 Å². The molecule has 98 valence electrons. The van der Waals surface area contributed by atoms with Gasteiger partial charge >= 0.3 is 5.97 Å². The molecule has 0 aromatic rings. The molecule has 5 heteroatoms. The minimum absolute atomic E-state index is 0.114. The van der Waals surface area contributed by atoms with Crippen LogP contribution in [-0.4, -0.2) is 36.1 Å². The molecular weight excluding hydrogens is 220 g/mol. The molecule has 5 nitrogen and oxygen atoms in total. The zero-order chi connectivity index (χ0) is 12.7. The van der Waals surface area contributed by atoms with Crippen LogP contribution in [0.1, 0.15) is 39.0 Å². The highest BCUT2D eigenvalue weighted by molar-refractivity contribution is 5.79. The maximum Gasteiger partial charge on any atom is 0.308 e. The number of hydrogen-bond donors (Lipinski definition) is 3. The van der Waals surface area contributed by atoms with Crippen molar-refractivity contribution in [3.8, 4) is 0 Å². The van der Waals surface area contributed by atoms with Crippen LogP contribution in [0.2, 0.25) is 0 Å². The molecule has 0 aromatic heterocycles. The molecule has 1 amide bonds. The summed E-state index contributed by atoms with van der Waals surface area (Å²) in [5, 5.41) is 14.7. The van der Waals surface area contributed by atoms with E-state index in [1.807, 2.05) is 6.92 Å². The predicted octanol–water partition coefficient (Wildman–Crippen LogP) is 0.746. The van der Waals surface area contributed by atoms with E-state index in [4.69, 9.17) is 5.11 Å². The molecule has 0 spiro atoms. The third kappa shape index (κ3) is 5.17. The summed E-state index contributed by atoms with van der Waals surface area (Å²) in [6.45, 7) is 2.32. The molecule has 17 heavy (non-hydrogen) atoms. The van der Waals surface area contributed by atoms with Crippen molar-refractivity contribution < 1.29 is 14.7 Å². The summed E-state index contributed by atoms with van der Waals surface area (Å²) in [4.78, 5) is 22.2. The highest BCUT2D eigenvalue weighted by atomic mass is 16.4. The predicted molar refractivity (Wildman–Crippen MR) is 64.7 cm³/mol. The van der Waals surface area contributed by atoms with Crippen molar-refractivity contribution in [2.24, 2.45) is 5.92 Å². The van der Waals surface area contributed by atoms with Gasteiger partial charge in [-0.25, -0.2) is 0 Å². The number of rotatable bonds is 7. The van der Waals surface area contributed by atoms with Crippen LogP contribution in [0.4, 0.5) is 0 Å². The summed E-state index contributed by atoms with van der Waals surface area (Å²) in [5.41, 5.74) is 0. The summed E-state index contributed by atoms with van der Waals surface area (Å²) in [6, 6.07) is 0.460. The van der Waals surface area contributed by atoms with Gasteiger partial charge in [0.25, 0.3) is 0 Å². The zero-order valence-corrected chi connectivity index (χ0v) is 10.4. The van der Waals surface area contributed by atoms with E-state index in [1.54, 1.807) is 0 Å². The first kappa shape index (κ1) is 14.0. The second kappa shape index (κ2) is 7.27. The van der Waals surface area contributed by atoms with E-state index in [2.05, 4.69) is 10.6 Å². The zero-order valence-electron chi connectivity index (χ0n) is 10.4. The largest absolute Gasteiger partial charge is 0.481 e. The topological polar surface area (TPSA) is 78.4 Å². The Balaban J connectivity index is 2.13. The molecule has 0 radical (unpaired) electrons. The van der Waals surface area contributed by atoms with Crippen molar-refractivity contribution in [3.05, 3.63) is 0 Å². The number of carbonyl (C=O) groups is 2. The van der Waals surface area contributed by atoms with Gasteiger partial charge in [0.05, 0.1) is 12.5 Å². The van der Waals surface area contributed by atoms with E-state index in [0.29, 0.717) is 19.0 Å². The molecule has 1 saturated carbocycles. The summed E-state index contributed by atoms with van der Waals surface area (Å²) in [6.07, 6.45) is 5.28. The molecule has 0 saturated heterocycles. The molecule has 1 rings (SSSR count). The number of carboxylic acids is 1. The van der Waals surface area contributed by atoms with E-state index in [1.165, 1.54) is 12.8 Å². The average Bonchev–Trinajstić information content (AvgIpc) is 2.79. The quantitative estimate of drug-likeness (QED) is 0.615. The van der Waals surface area contributed by atoms with Crippen molar-refractivity contribution in [1.29, 1.82) is 0 Å². The van der Waals surface area contributed by atoms with E-state index in [-0.39, 0.29) is 12.5 Å². The summed E-state index contributed by atoms with van der Waals surface area (Å²) in [5.74, 6) is -1.45. The summed E-state index contributed by atoms with van der Waals surface area (Å²) in [7, 11) is 0. The molecule has 1 unspecified atom stereocenters. The fourth-order valence-electron chi connectivity index (χ4n) is 2.07. The molecule has 0 bridgehead atoms. The first-order valence-corrected chi connectivity index (χ1v) is 6.36. The lowest BCUT2D eigenvalue weighted by Gasteiger charge is -2.13. The fraction of sp³-hybridized carbons (Fsp3) is 0.833. The molecule has 0 aliphatic heterocycles. The van der Waals surface area contributed by atoms with Crippen LogP contribution in [0, 0.1) is 5.92 Å². The Morgan fingerprint density at radius 3 is 2.53 bits per heavy atom. The normalized spacial score (nSPS) is 17.9. The minimum atomic E-state index is -0.850. The van der Waals surface area contributed by atoms with Crippen molar-refractivity contribution in [1.82, 2.24) is 10.6 Å². The Morgan fingerprint density at radius 2 is 2.00 bits per heavy atom. The van der Waals surface area contributed by atoms with Crippen LogP contribution < -0.4 is 10.6 Å². The Bertz CT molecular complexity index is 262. The number of aliphatic carboxylic acids is 1. The van der Waals surface area contributed by atoms with Crippen molar-refractivity contribution in [3.63, 3.8) is 0 Å². The van der Waals surface area contributed by atoms with Gasteiger partial charge in [0.2, 0.25) is 5.91 Å². The van der Waals surface area contributed by atoms with Gasteiger partial charge < -0.3 is 15.7 Å². The van der Waals surface area contributed by atoms with Crippen LogP contribution >= 0.6 is 0 Å². The van der Waals surface area contributed by atoms with Gasteiger partial charge in [0, 0.05) is 12.6 Å². The molecular formula is C12H22N2O3. The fourth-order valence-corrected chi connectivity index (χ4v) is 2.07. The van der Waals surface area contributed by atoms with E-state index >= 15 is 0 Å². The highest BCUT2D eigenvalue weighted by Crippen LogP contribution is 2.17. The third-order valence-electron chi connectivity index (χ3n) is 3.29. The van der Waals surface area contributed by atoms with Crippen LogP contribution in [-0.2, 0) is 9.59 Å². The summed E-state index contributed by atoms with van der Waals surface area (Å²) >= 11 is 0. The highest BCUT2D eigenvalue weighted by Gasteiger charge is 2.17. The average molecular weight is 242 g/mol. The molecule has 1 aliphatic rings. The lowest BCUT2D eigenvalue weighted by atomic mass is 10.1. The van der Waals surface area contributed by atoms with Gasteiger partial charge in [0.1, 0.15) is 0 Å². The maximum absolute atomic E-state index is 11.5. The Morgan fingerprint density at radius 1 is 1.35 bits per heavy atom. The lowest BCUT2D eigenvalue weighted by Crippen LogP contribution is -2.40. The van der Waals surface area contributed by atoms with Crippen LogP contribution in [0.3, 0.4) is 0 Å². The smallest absolute Gasteiger partial charge is 0.308 e. The number of nitrogens with one attached hydrogen (secondary N) is 2. The van der Waals surface area contributed by atoms with Gasteiger partial charge in [-0.2, -0.15) is 0 Å². The first-order valence-electron chi connectivity index (χ1n) is 6.36. The second-order valence-electron chi connectivity index (χ2n) is 4.61. The summed E-state index contributed by atoms with van der Waals surface area (Å²) < 4.78 is 0. The monoisotopic (exact) mass is 242 g/mol. The van der Waals surface area contributed by atoms with E-state index in [9.17, 15) is 9.59 Å². The van der Waals surface area contributed by atoms with Crippen LogP contribution in [0.15, 0.2) is 0 Å². The Labute approximate surface area is 102 Å². The van der Waals surface area contributed by atoms with Crippen molar-refractivity contribution in [2.45, 2.75) is 45.1 Å². The van der Waals surface area contributed by atoms with Gasteiger partial charge in [-0.3, -0.25) is 9.59 Å². The van der Waals surface area contributed by atoms with E-state index in [0.717, 1.165) is 12.8 Å². The maximum atomic E-state index is 11.5. The number of hydrogen-bond acceptors (Lipinski definition) is 3. The Kier molecular flexibility index (Phi) is 5.97. The minimum Gasteiger partial charge on any atom is -0.481 e. The third-order valence-corrected chi connectivity index (χ3v) is 3.29. The SMILES string of the molecule is CCC(CNC(=O)CNC1CCCC1)C(=O)O. The number of carbonyl (C=O) groups excluding carboxylic acids is 1. The van der Waals surface area contributed by atoms with E-state index < -0.39 is 11.9 Å². The molecule has 1 aliphatic carbocycles. The van der Waals surface area contributed by atoms with Crippen LogP contribution in [0.25, 0.3) is 0 Å². The van der Waals surface area contributed by atoms with Gasteiger partial charge in [-0.05, 0) is 19.3 Å². The molecule has 0 heterocycles. The second-order valence-corrected chi connectivity index (χ2v) is 4.61. The van der Waals surface area contributed by atoms with Crippen molar-refractivity contribution in [2.75, 3.05) is 13.1 Å². The van der Waals surface area contributed by atoms with Gasteiger partial charge in [-0.15, -0.1) is 0 Å². The van der Waals surface area contributed by atoms with Crippen LogP contribution in [0.5, 0.6) is 0 Å².